The van der Waals surface area contributed by atoms with Crippen molar-refractivity contribution in [3.63, 3.8) is 0 Å². The third-order valence-electron chi connectivity index (χ3n) is 5.02. The van der Waals surface area contributed by atoms with E-state index < -0.39 is 11.6 Å². The van der Waals surface area contributed by atoms with Crippen molar-refractivity contribution in [2.45, 2.75) is 31.7 Å². The molecule has 24 heavy (non-hydrogen) atoms. The van der Waals surface area contributed by atoms with E-state index in [1.807, 2.05) is 0 Å². The molecule has 1 unspecified atom stereocenters. The molecule has 2 saturated heterocycles. The maximum atomic E-state index is 13.7. The molecular weight excluding hydrogens is 310 g/mol. The van der Waals surface area contributed by atoms with Gasteiger partial charge in [-0.2, -0.15) is 0 Å². The molecule has 3 rings (SSSR count). The summed E-state index contributed by atoms with van der Waals surface area (Å²) >= 11 is 0. The topological polar surface area (TPSA) is 30.9 Å². The highest BCUT2D eigenvalue weighted by atomic mass is 19.1. The third-order valence-corrected chi connectivity index (χ3v) is 5.02. The number of hydrogen-bond donors (Lipinski definition) is 1. The monoisotopic (exact) mass is 336 g/mol. The number of benzene rings is 1. The van der Waals surface area contributed by atoms with E-state index in [-0.39, 0.29) is 0 Å². The van der Waals surface area contributed by atoms with E-state index in [1.165, 1.54) is 44.5 Å². The number of hydrogen-bond acceptors (Lipinski definition) is 2. The number of likely N-dealkylation sites (tertiary alicyclic amines) is 2. The molecule has 1 N–H and O–H groups in total. The summed E-state index contributed by atoms with van der Waals surface area (Å²) in [6, 6.07) is 4.37. The van der Waals surface area contributed by atoms with E-state index in [0.717, 1.165) is 25.1 Å². The molecule has 6 heteroatoms. The molecule has 2 aliphatic rings. The zero-order valence-electron chi connectivity index (χ0n) is 14.3. The Morgan fingerprint density at radius 2 is 2.04 bits per heavy atom. The van der Waals surface area contributed by atoms with E-state index in [9.17, 15) is 8.78 Å². The lowest BCUT2D eigenvalue weighted by atomic mass is 10.1. The smallest absolute Gasteiger partial charge is 0.193 e. The van der Waals surface area contributed by atoms with Gasteiger partial charge in [0.1, 0.15) is 11.6 Å². The summed E-state index contributed by atoms with van der Waals surface area (Å²) in [5, 5.41) is 3.31. The van der Waals surface area contributed by atoms with Crippen LogP contribution in [0.4, 0.5) is 8.78 Å². The minimum atomic E-state index is -0.537. The van der Waals surface area contributed by atoms with Crippen molar-refractivity contribution in [1.29, 1.82) is 0 Å². The Bertz CT molecular complexity index is 584. The Hall–Kier alpha value is -1.69. The van der Waals surface area contributed by atoms with Crippen LogP contribution in [-0.4, -0.2) is 61.6 Å². The van der Waals surface area contributed by atoms with Crippen LogP contribution in [0.2, 0.25) is 0 Å². The lowest BCUT2D eigenvalue weighted by Crippen LogP contribution is -2.43. The molecule has 2 fully saturated rings. The molecule has 1 atom stereocenters. The number of halogens is 2. The Labute approximate surface area is 142 Å². The fourth-order valence-corrected chi connectivity index (χ4v) is 3.70. The van der Waals surface area contributed by atoms with Gasteiger partial charge in [-0.25, -0.2) is 8.78 Å². The van der Waals surface area contributed by atoms with E-state index in [4.69, 9.17) is 0 Å². The molecule has 0 aliphatic carbocycles. The molecule has 2 heterocycles. The van der Waals surface area contributed by atoms with E-state index in [2.05, 4.69) is 20.1 Å². The normalized spacial score (nSPS) is 22.4. The third kappa shape index (κ3) is 4.04. The molecule has 0 radical (unpaired) electrons. The highest BCUT2D eigenvalue weighted by Crippen LogP contribution is 2.20. The quantitative estimate of drug-likeness (QED) is 0.676. The van der Waals surface area contributed by atoms with Crippen LogP contribution < -0.4 is 5.32 Å². The molecule has 0 spiro atoms. The second kappa shape index (κ2) is 7.92. The number of aliphatic imine (C=N–C) groups is 1. The molecule has 0 aromatic heterocycles. The molecule has 132 valence electrons. The fraction of sp³-hybridized carbons (Fsp3) is 0.611. The van der Waals surface area contributed by atoms with Crippen LogP contribution in [0.25, 0.3) is 0 Å². The van der Waals surface area contributed by atoms with Gasteiger partial charge in [0.25, 0.3) is 0 Å². The summed E-state index contributed by atoms with van der Waals surface area (Å²) < 4.78 is 26.6. The van der Waals surface area contributed by atoms with Gasteiger partial charge in [0.2, 0.25) is 0 Å². The zero-order chi connectivity index (χ0) is 16.9. The lowest BCUT2D eigenvalue weighted by molar-refractivity contribution is 0.249. The van der Waals surface area contributed by atoms with E-state index >= 15 is 0 Å². The van der Waals surface area contributed by atoms with Crippen LogP contribution >= 0.6 is 0 Å². The van der Waals surface area contributed by atoms with Crippen molar-refractivity contribution in [1.82, 2.24) is 15.1 Å². The fourth-order valence-electron chi connectivity index (χ4n) is 3.70. The van der Waals surface area contributed by atoms with Crippen LogP contribution in [0, 0.1) is 11.6 Å². The predicted molar refractivity (Wildman–Crippen MR) is 92.2 cm³/mol. The molecule has 0 bridgehead atoms. The predicted octanol–water partition coefficient (Wildman–Crippen LogP) is 2.25. The Balaban J connectivity index is 1.48. The molecule has 0 amide bonds. The average Bonchev–Trinajstić information content (AvgIpc) is 3.24. The first-order valence-corrected chi connectivity index (χ1v) is 8.81. The highest BCUT2D eigenvalue weighted by Gasteiger charge is 2.30. The standard InChI is InChI=1S/C18H26F2N4/c1-21-18(22-8-6-14-4-5-15(19)12-17(14)20)24-11-7-16(13-24)23-9-2-3-10-23/h4-5,12,16H,2-3,6-11,13H2,1H3,(H,21,22). The Morgan fingerprint density at radius 3 is 2.75 bits per heavy atom. The van der Waals surface area contributed by atoms with Gasteiger partial charge >= 0.3 is 0 Å². The first kappa shape index (κ1) is 17.1. The van der Waals surface area contributed by atoms with Gasteiger partial charge < -0.3 is 10.2 Å². The van der Waals surface area contributed by atoms with Crippen LogP contribution in [0.3, 0.4) is 0 Å². The first-order valence-electron chi connectivity index (χ1n) is 8.81. The Morgan fingerprint density at radius 1 is 1.25 bits per heavy atom. The SMILES string of the molecule is CN=C(NCCc1ccc(F)cc1F)N1CCC(N2CCCC2)C1. The number of nitrogens with one attached hydrogen (secondary N) is 1. The molecule has 1 aromatic carbocycles. The summed E-state index contributed by atoms with van der Waals surface area (Å²) in [6.07, 6.45) is 4.31. The van der Waals surface area contributed by atoms with Gasteiger partial charge in [0.15, 0.2) is 5.96 Å². The van der Waals surface area contributed by atoms with Crippen LogP contribution in [0.15, 0.2) is 23.2 Å². The summed E-state index contributed by atoms with van der Waals surface area (Å²) in [6.45, 7) is 5.03. The summed E-state index contributed by atoms with van der Waals surface area (Å²) in [4.78, 5) is 9.22. The van der Waals surface area contributed by atoms with Crippen molar-refractivity contribution in [3.8, 4) is 0 Å². The molecular formula is C18H26F2N4. The second-order valence-corrected chi connectivity index (χ2v) is 6.59. The number of nitrogens with zero attached hydrogens (tertiary/aromatic N) is 3. The molecule has 4 nitrogen and oxygen atoms in total. The number of rotatable bonds is 4. The lowest BCUT2D eigenvalue weighted by Gasteiger charge is -2.25. The van der Waals surface area contributed by atoms with Crippen LogP contribution in [0.5, 0.6) is 0 Å². The zero-order valence-corrected chi connectivity index (χ0v) is 14.3. The molecule has 2 aliphatic heterocycles. The minimum absolute atomic E-state index is 0.484. The van der Waals surface area contributed by atoms with Gasteiger partial charge in [-0.1, -0.05) is 6.07 Å². The van der Waals surface area contributed by atoms with Gasteiger partial charge in [0.05, 0.1) is 0 Å². The molecule has 1 aromatic rings. The molecule has 0 saturated carbocycles. The van der Waals surface area contributed by atoms with Crippen LogP contribution in [0.1, 0.15) is 24.8 Å². The van der Waals surface area contributed by atoms with E-state index in [1.54, 1.807) is 7.05 Å². The first-order chi connectivity index (χ1) is 11.7. The van der Waals surface area contributed by atoms with Crippen LogP contribution in [-0.2, 0) is 6.42 Å². The Kier molecular flexibility index (Phi) is 5.66. The van der Waals surface area contributed by atoms with Crippen molar-refractivity contribution in [2.24, 2.45) is 4.99 Å². The maximum Gasteiger partial charge on any atom is 0.193 e. The minimum Gasteiger partial charge on any atom is -0.356 e. The van der Waals surface area contributed by atoms with Crippen molar-refractivity contribution in [3.05, 3.63) is 35.4 Å². The second-order valence-electron chi connectivity index (χ2n) is 6.59. The number of guanidine groups is 1. The van der Waals surface area contributed by atoms with Crippen molar-refractivity contribution < 1.29 is 8.78 Å². The highest BCUT2D eigenvalue weighted by molar-refractivity contribution is 5.80. The van der Waals surface area contributed by atoms with Crippen molar-refractivity contribution >= 4 is 5.96 Å². The van der Waals surface area contributed by atoms with Gasteiger partial charge in [-0.3, -0.25) is 9.89 Å². The largest absolute Gasteiger partial charge is 0.356 e. The van der Waals surface area contributed by atoms with Gasteiger partial charge in [-0.15, -0.1) is 0 Å². The summed E-state index contributed by atoms with van der Waals surface area (Å²) in [5.74, 6) is -0.147. The van der Waals surface area contributed by atoms with Gasteiger partial charge in [0, 0.05) is 38.8 Å². The van der Waals surface area contributed by atoms with Gasteiger partial charge in [-0.05, 0) is 50.4 Å². The summed E-state index contributed by atoms with van der Waals surface area (Å²) in [5.41, 5.74) is 0.524. The average molecular weight is 336 g/mol. The van der Waals surface area contributed by atoms with E-state index in [0.29, 0.717) is 24.6 Å². The summed E-state index contributed by atoms with van der Waals surface area (Å²) in [7, 11) is 1.78. The maximum absolute atomic E-state index is 13.7. The van der Waals surface area contributed by atoms with Crippen molar-refractivity contribution in [2.75, 3.05) is 39.8 Å².